The van der Waals surface area contributed by atoms with Crippen LogP contribution >= 0.6 is 11.3 Å². The quantitative estimate of drug-likeness (QED) is 0.870. The minimum absolute atomic E-state index is 0.284. The van der Waals surface area contributed by atoms with Crippen LogP contribution in [0.3, 0.4) is 0 Å². The maximum absolute atomic E-state index is 12.7. The van der Waals surface area contributed by atoms with Gasteiger partial charge in [0.25, 0.3) is 0 Å². The number of thiophene rings is 1. The Hall–Kier alpha value is -1.69. The second-order valence-corrected chi connectivity index (χ2v) is 6.29. The van der Waals surface area contributed by atoms with E-state index in [0.29, 0.717) is 19.3 Å². The minimum atomic E-state index is -0.988. The highest BCUT2D eigenvalue weighted by atomic mass is 32.1. The summed E-state index contributed by atoms with van der Waals surface area (Å²) >= 11 is 1.52. The van der Waals surface area contributed by atoms with Crippen LogP contribution in [0.4, 0.5) is 4.79 Å². The van der Waals surface area contributed by atoms with Crippen molar-refractivity contribution in [3.8, 4) is 0 Å². The molecular weight excluding hydrogens is 276 g/mol. The molecule has 0 bridgehead atoms. The monoisotopic (exact) mass is 292 g/mol. The number of imide groups is 2. The number of urea groups is 1. The van der Waals surface area contributed by atoms with Crippen molar-refractivity contribution in [3.63, 3.8) is 0 Å². The highest BCUT2D eigenvalue weighted by molar-refractivity contribution is 7.10. The molecule has 2 aliphatic rings. The summed E-state index contributed by atoms with van der Waals surface area (Å²) in [6.45, 7) is 1.94. The van der Waals surface area contributed by atoms with Crippen LogP contribution in [0.5, 0.6) is 0 Å². The number of barbiturate groups is 1. The van der Waals surface area contributed by atoms with E-state index < -0.39 is 17.4 Å². The normalized spacial score (nSPS) is 22.6. The Morgan fingerprint density at radius 2 is 2.15 bits per heavy atom. The van der Waals surface area contributed by atoms with Crippen molar-refractivity contribution >= 4 is 29.2 Å². The van der Waals surface area contributed by atoms with Crippen molar-refractivity contribution in [2.75, 3.05) is 0 Å². The summed E-state index contributed by atoms with van der Waals surface area (Å²) in [6.07, 6.45) is 2.59. The number of nitrogens with zero attached hydrogens (tertiary/aromatic N) is 1. The van der Waals surface area contributed by atoms with Gasteiger partial charge < -0.3 is 0 Å². The molecule has 5 nitrogen and oxygen atoms in total. The first-order valence-electron chi connectivity index (χ1n) is 6.82. The molecule has 106 valence electrons. The first-order valence-corrected chi connectivity index (χ1v) is 7.70. The van der Waals surface area contributed by atoms with Gasteiger partial charge in [0.05, 0.1) is 6.04 Å². The first-order chi connectivity index (χ1) is 9.60. The number of amides is 4. The molecule has 1 saturated carbocycles. The van der Waals surface area contributed by atoms with E-state index in [2.05, 4.69) is 5.32 Å². The standard InChI is InChI=1S/C14H16N2O3S/c1-2-9(10-5-3-8-20-10)16-12(18)14(6-4-7-14)11(17)15-13(16)19/h3,5,8-9H,2,4,6-7H2,1H3,(H,15,17,19). The highest BCUT2D eigenvalue weighted by Gasteiger charge is 2.58. The fourth-order valence-corrected chi connectivity index (χ4v) is 3.84. The van der Waals surface area contributed by atoms with Gasteiger partial charge in [0.15, 0.2) is 0 Å². The zero-order chi connectivity index (χ0) is 14.3. The third-order valence-electron chi connectivity index (χ3n) is 4.28. The van der Waals surface area contributed by atoms with Crippen LogP contribution in [-0.2, 0) is 9.59 Å². The lowest BCUT2D eigenvalue weighted by Gasteiger charge is -2.46. The Morgan fingerprint density at radius 1 is 1.40 bits per heavy atom. The van der Waals surface area contributed by atoms with Crippen molar-refractivity contribution < 1.29 is 14.4 Å². The molecule has 1 atom stereocenters. The van der Waals surface area contributed by atoms with Crippen LogP contribution < -0.4 is 5.32 Å². The van der Waals surface area contributed by atoms with Gasteiger partial charge in [-0.1, -0.05) is 19.4 Å². The van der Waals surface area contributed by atoms with Gasteiger partial charge in [-0.25, -0.2) is 4.79 Å². The van der Waals surface area contributed by atoms with Crippen molar-refractivity contribution in [1.82, 2.24) is 10.2 Å². The molecular formula is C14H16N2O3S. The Balaban J connectivity index is 1.97. The smallest absolute Gasteiger partial charge is 0.277 e. The van der Waals surface area contributed by atoms with E-state index in [0.717, 1.165) is 11.3 Å². The van der Waals surface area contributed by atoms with Gasteiger partial charge in [0, 0.05) is 4.88 Å². The average Bonchev–Trinajstić information content (AvgIpc) is 2.85. The second kappa shape index (κ2) is 4.70. The maximum Gasteiger partial charge on any atom is 0.331 e. The number of nitrogens with one attached hydrogen (secondary N) is 1. The Morgan fingerprint density at radius 3 is 2.65 bits per heavy atom. The van der Waals surface area contributed by atoms with Gasteiger partial charge in [-0.05, 0) is 30.7 Å². The molecule has 0 aromatic carbocycles. The molecule has 1 aromatic rings. The van der Waals surface area contributed by atoms with E-state index in [1.54, 1.807) is 0 Å². The topological polar surface area (TPSA) is 66.5 Å². The third kappa shape index (κ3) is 1.71. The summed E-state index contributed by atoms with van der Waals surface area (Å²) in [5.74, 6) is -0.742. The summed E-state index contributed by atoms with van der Waals surface area (Å²) in [4.78, 5) is 39.0. The van der Waals surface area contributed by atoms with E-state index in [4.69, 9.17) is 0 Å². The van der Waals surface area contributed by atoms with E-state index >= 15 is 0 Å². The fraction of sp³-hybridized carbons (Fsp3) is 0.500. The molecule has 1 aromatic heterocycles. The Kier molecular flexibility index (Phi) is 3.12. The van der Waals surface area contributed by atoms with Crippen LogP contribution in [0.1, 0.15) is 43.5 Å². The summed E-state index contributed by atoms with van der Waals surface area (Å²) in [6, 6.07) is 2.95. The van der Waals surface area contributed by atoms with Crippen LogP contribution in [0.2, 0.25) is 0 Å². The highest BCUT2D eigenvalue weighted by Crippen LogP contribution is 2.46. The average molecular weight is 292 g/mol. The van der Waals surface area contributed by atoms with Gasteiger partial charge in [-0.2, -0.15) is 0 Å². The van der Waals surface area contributed by atoms with Crippen molar-refractivity contribution in [2.45, 2.75) is 38.6 Å². The number of hydrogen-bond donors (Lipinski definition) is 1. The molecule has 0 radical (unpaired) electrons. The lowest BCUT2D eigenvalue weighted by atomic mass is 9.66. The lowest BCUT2D eigenvalue weighted by Crippen LogP contribution is -2.66. The predicted octanol–water partition coefficient (Wildman–Crippen LogP) is 2.45. The fourth-order valence-electron chi connectivity index (χ4n) is 2.94. The molecule has 1 aliphatic carbocycles. The molecule has 1 spiro atoms. The minimum Gasteiger partial charge on any atom is -0.277 e. The van der Waals surface area contributed by atoms with E-state index in [9.17, 15) is 14.4 Å². The largest absolute Gasteiger partial charge is 0.331 e. The molecule has 1 saturated heterocycles. The van der Waals surface area contributed by atoms with Crippen molar-refractivity contribution in [2.24, 2.45) is 5.41 Å². The van der Waals surface area contributed by atoms with Gasteiger partial charge in [-0.15, -0.1) is 11.3 Å². The van der Waals surface area contributed by atoms with E-state index in [1.807, 2.05) is 24.4 Å². The van der Waals surface area contributed by atoms with Gasteiger partial charge in [0.2, 0.25) is 11.8 Å². The zero-order valence-corrected chi connectivity index (χ0v) is 12.0. The maximum atomic E-state index is 12.7. The number of carbonyl (C=O) groups excluding carboxylic acids is 3. The molecule has 1 unspecified atom stereocenters. The van der Waals surface area contributed by atoms with Crippen LogP contribution in [0, 0.1) is 5.41 Å². The van der Waals surface area contributed by atoms with Crippen LogP contribution in [0.15, 0.2) is 17.5 Å². The second-order valence-electron chi connectivity index (χ2n) is 5.31. The summed E-state index contributed by atoms with van der Waals surface area (Å²) in [7, 11) is 0. The number of rotatable bonds is 3. The van der Waals surface area contributed by atoms with Crippen LogP contribution in [-0.4, -0.2) is 22.7 Å². The lowest BCUT2D eigenvalue weighted by molar-refractivity contribution is -0.159. The SMILES string of the molecule is CCC(c1cccs1)N1C(=O)NC(=O)C2(CCC2)C1=O. The zero-order valence-electron chi connectivity index (χ0n) is 11.2. The Bertz CT molecular complexity index is 563. The third-order valence-corrected chi connectivity index (χ3v) is 5.25. The summed E-state index contributed by atoms with van der Waals surface area (Å²) < 4.78 is 0. The van der Waals surface area contributed by atoms with Gasteiger partial charge in [0.1, 0.15) is 5.41 Å². The van der Waals surface area contributed by atoms with Crippen molar-refractivity contribution in [1.29, 1.82) is 0 Å². The molecule has 1 N–H and O–H groups in total. The first kappa shape index (κ1) is 13.3. The van der Waals surface area contributed by atoms with Crippen LogP contribution in [0.25, 0.3) is 0 Å². The number of hydrogen-bond acceptors (Lipinski definition) is 4. The molecule has 4 amide bonds. The molecule has 6 heteroatoms. The van der Waals surface area contributed by atoms with E-state index in [1.165, 1.54) is 16.2 Å². The van der Waals surface area contributed by atoms with Gasteiger partial charge >= 0.3 is 6.03 Å². The van der Waals surface area contributed by atoms with E-state index in [-0.39, 0.29) is 11.9 Å². The molecule has 20 heavy (non-hydrogen) atoms. The molecule has 2 fully saturated rings. The predicted molar refractivity (Wildman–Crippen MR) is 74.0 cm³/mol. The Labute approximate surface area is 121 Å². The summed E-state index contributed by atoms with van der Waals surface area (Å²) in [5.41, 5.74) is -0.988. The molecule has 1 aliphatic heterocycles. The number of carbonyl (C=O) groups is 3. The summed E-state index contributed by atoms with van der Waals surface area (Å²) in [5, 5.41) is 4.29. The van der Waals surface area contributed by atoms with Crippen molar-refractivity contribution in [3.05, 3.63) is 22.4 Å². The molecule has 2 heterocycles. The molecule has 3 rings (SSSR count). The van der Waals surface area contributed by atoms with Gasteiger partial charge in [-0.3, -0.25) is 19.8 Å².